The molecule has 1 fully saturated rings. The molecule has 1 aliphatic heterocycles. The molecule has 0 radical (unpaired) electrons. The highest BCUT2D eigenvalue weighted by molar-refractivity contribution is 5.55. The molecule has 1 aromatic heterocycles. The van der Waals surface area contributed by atoms with Gasteiger partial charge >= 0.3 is 0 Å². The van der Waals surface area contributed by atoms with Gasteiger partial charge in [-0.1, -0.05) is 17.2 Å². The van der Waals surface area contributed by atoms with Crippen LogP contribution in [0.4, 0.5) is 0 Å². The average Bonchev–Trinajstić information content (AvgIpc) is 2.99. The number of aromatic nitrogens is 2. The summed E-state index contributed by atoms with van der Waals surface area (Å²) in [4.78, 5) is 0. The van der Waals surface area contributed by atoms with Gasteiger partial charge in [-0.15, -0.1) is 10.2 Å². The van der Waals surface area contributed by atoms with Gasteiger partial charge in [-0.2, -0.15) is 0 Å². The Labute approximate surface area is 106 Å². The maximum absolute atomic E-state index is 5.76. The van der Waals surface area contributed by atoms with Gasteiger partial charge in [-0.05, 0) is 32.4 Å². The molecule has 0 saturated carbocycles. The van der Waals surface area contributed by atoms with Crippen LogP contribution in [-0.2, 0) is 4.74 Å². The minimum atomic E-state index is 0.261. The number of aryl methyl sites for hydroxylation is 2. The molecule has 2 aromatic rings. The van der Waals surface area contributed by atoms with Gasteiger partial charge in [0.15, 0.2) is 0 Å². The number of hydrogen-bond acceptors (Lipinski definition) is 4. The molecule has 0 spiro atoms. The van der Waals surface area contributed by atoms with E-state index in [-0.39, 0.29) is 5.92 Å². The summed E-state index contributed by atoms with van der Waals surface area (Å²) >= 11 is 0. The molecule has 0 bridgehead atoms. The van der Waals surface area contributed by atoms with Crippen LogP contribution >= 0.6 is 0 Å². The Morgan fingerprint density at radius 3 is 2.56 bits per heavy atom. The van der Waals surface area contributed by atoms with Crippen LogP contribution in [0.3, 0.4) is 0 Å². The second kappa shape index (κ2) is 4.53. The number of hydrogen-bond donors (Lipinski definition) is 0. The maximum atomic E-state index is 5.76. The van der Waals surface area contributed by atoms with Crippen LogP contribution < -0.4 is 0 Å². The molecular formula is C14H16N2O2. The SMILES string of the molecule is Cc1cc(C)cc(-c2nnc([C@@H]3CCOC3)o2)c1. The fourth-order valence-corrected chi connectivity index (χ4v) is 2.34. The second-order valence-electron chi connectivity index (χ2n) is 4.88. The van der Waals surface area contributed by atoms with Gasteiger partial charge in [0, 0.05) is 12.2 Å². The van der Waals surface area contributed by atoms with Gasteiger partial charge < -0.3 is 9.15 Å². The summed E-state index contributed by atoms with van der Waals surface area (Å²) < 4.78 is 11.1. The molecule has 4 heteroatoms. The zero-order valence-electron chi connectivity index (χ0n) is 10.6. The molecule has 4 nitrogen and oxygen atoms in total. The lowest BCUT2D eigenvalue weighted by molar-refractivity contribution is 0.191. The van der Waals surface area contributed by atoms with E-state index in [9.17, 15) is 0 Å². The Kier molecular flexibility index (Phi) is 2.88. The maximum Gasteiger partial charge on any atom is 0.247 e. The number of ether oxygens (including phenoxy) is 1. The predicted molar refractivity (Wildman–Crippen MR) is 67.4 cm³/mol. The van der Waals surface area contributed by atoms with E-state index in [0.29, 0.717) is 18.4 Å². The van der Waals surface area contributed by atoms with Crippen LogP contribution in [0, 0.1) is 13.8 Å². The zero-order chi connectivity index (χ0) is 12.5. The van der Waals surface area contributed by atoms with Gasteiger partial charge in [0.05, 0.1) is 12.5 Å². The van der Waals surface area contributed by atoms with Gasteiger partial charge in [-0.3, -0.25) is 0 Å². The van der Waals surface area contributed by atoms with Crippen molar-refractivity contribution in [1.82, 2.24) is 10.2 Å². The summed E-state index contributed by atoms with van der Waals surface area (Å²) in [5.41, 5.74) is 3.40. The molecule has 94 valence electrons. The number of nitrogens with zero attached hydrogens (tertiary/aromatic N) is 2. The Morgan fingerprint density at radius 1 is 1.11 bits per heavy atom. The van der Waals surface area contributed by atoms with Crippen LogP contribution in [0.1, 0.15) is 29.4 Å². The fourth-order valence-electron chi connectivity index (χ4n) is 2.34. The Morgan fingerprint density at radius 2 is 1.89 bits per heavy atom. The van der Waals surface area contributed by atoms with Crippen LogP contribution in [-0.4, -0.2) is 23.4 Å². The average molecular weight is 244 g/mol. The topological polar surface area (TPSA) is 48.2 Å². The normalized spacial score (nSPS) is 19.3. The molecule has 2 heterocycles. The first kappa shape index (κ1) is 11.4. The van der Waals surface area contributed by atoms with Crippen LogP contribution in [0.5, 0.6) is 0 Å². The standard InChI is InChI=1S/C14H16N2O2/c1-9-5-10(2)7-12(6-9)14-16-15-13(18-14)11-3-4-17-8-11/h5-7,11H,3-4,8H2,1-2H3/t11-/m1/s1. The molecule has 0 amide bonds. The quantitative estimate of drug-likeness (QED) is 0.815. The lowest BCUT2D eigenvalue weighted by atomic mass is 10.1. The van der Waals surface area contributed by atoms with E-state index in [1.54, 1.807) is 0 Å². The smallest absolute Gasteiger partial charge is 0.247 e. The highest BCUT2D eigenvalue weighted by atomic mass is 16.5. The summed E-state index contributed by atoms with van der Waals surface area (Å²) in [6.45, 7) is 5.61. The lowest BCUT2D eigenvalue weighted by Gasteiger charge is -2.01. The Balaban J connectivity index is 1.92. The van der Waals surface area contributed by atoms with Crippen LogP contribution in [0.2, 0.25) is 0 Å². The van der Waals surface area contributed by atoms with Crippen molar-refractivity contribution in [3.63, 3.8) is 0 Å². The van der Waals surface area contributed by atoms with E-state index in [0.717, 1.165) is 18.6 Å². The molecule has 0 aliphatic carbocycles. The lowest BCUT2D eigenvalue weighted by Crippen LogP contribution is -1.97. The fraction of sp³-hybridized carbons (Fsp3) is 0.429. The first-order valence-electron chi connectivity index (χ1n) is 6.22. The summed E-state index contributed by atoms with van der Waals surface area (Å²) in [5.74, 6) is 1.56. The second-order valence-corrected chi connectivity index (χ2v) is 4.88. The van der Waals surface area contributed by atoms with Crippen molar-refractivity contribution in [3.8, 4) is 11.5 Å². The molecule has 1 aromatic carbocycles. The first-order chi connectivity index (χ1) is 8.72. The number of rotatable bonds is 2. The van der Waals surface area contributed by atoms with Crippen molar-refractivity contribution in [3.05, 3.63) is 35.2 Å². The van der Waals surface area contributed by atoms with Crippen LogP contribution in [0.25, 0.3) is 11.5 Å². The summed E-state index contributed by atoms with van der Waals surface area (Å²) in [6.07, 6.45) is 0.967. The van der Waals surface area contributed by atoms with E-state index in [1.165, 1.54) is 11.1 Å². The van der Waals surface area contributed by atoms with Gasteiger partial charge in [0.2, 0.25) is 11.8 Å². The third kappa shape index (κ3) is 2.16. The minimum absolute atomic E-state index is 0.261. The van der Waals surface area contributed by atoms with Crippen molar-refractivity contribution >= 4 is 0 Å². The van der Waals surface area contributed by atoms with Crippen molar-refractivity contribution < 1.29 is 9.15 Å². The molecule has 18 heavy (non-hydrogen) atoms. The van der Waals surface area contributed by atoms with E-state index < -0.39 is 0 Å². The zero-order valence-corrected chi connectivity index (χ0v) is 10.6. The molecule has 0 unspecified atom stereocenters. The number of benzene rings is 1. The third-order valence-electron chi connectivity index (χ3n) is 3.19. The van der Waals surface area contributed by atoms with E-state index in [1.807, 2.05) is 0 Å². The molecule has 1 atom stereocenters. The van der Waals surface area contributed by atoms with E-state index >= 15 is 0 Å². The molecule has 1 saturated heterocycles. The summed E-state index contributed by atoms with van der Waals surface area (Å²) in [5, 5.41) is 8.28. The molecular weight excluding hydrogens is 228 g/mol. The molecule has 0 N–H and O–H groups in total. The van der Waals surface area contributed by atoms with Gasteiger partial charge in [0.25, 0.3) is 0 Å². The van der Waals surface area contributed by atoms with Crippen molar-refractivity contribution in [2.24, 2.45) is 0 Å². The van der Waals surface area contributed by atoms with Gasteiger partial charge in [0.1, 0.15) is 0 Å². The van der Waals surface area contributed by atoms with E-state index in [2.05, 4.69) is 42.2 Å². The van der Waals surface area contributed by atoms with Crippen molar-refractivity contribution in [2.45, 2.75) is 26.2 Å². The monoisotopic (exact) mass is 244 g/mol. The highest BCUT2D eigenvalue weighted by Crippen LogP contribution is 2.27. The summed E-state index contributed by atoms with van der Waals surface area (Å²) in [7, 11) is 0. The van der Waals surface area contributed by atoms with Crippen LogP contribution in [0.15, 0.2) is 22.6 Å². The molecule has 1 aliphatic rings. The Bertz CT molecular complexity index is 536. The largest absolute Gasteiger partial charge is 0.420 e. The van der Waals surface area contributed by atoms with Crippen molar-refractivity contribution in [1.29, 1.82) is 0 Å². The Hall–Kier alpha value is -1.68. The predicted octanol–water partition coefficient (Wildman–Crippen LogP) is 2.86. The van der Waals surface area contributed by atoms with Crippen molar-refractivity contribution in [2.75, 3.05) is 13.2 Å². The third-order valence-corrected chi connectivity index (χ3v) is 3.19. The van der Waals surface area contributed by atoms with Gasteiger partial charge in [-0.25, -0.2) is 0 Å². The first-order valence-corrected chi connectivity index (χ1v) is 6.22. The van der Waals surface area contributed by atoms with E-state index in [4.69, 9.17) is 9.15 Å². The highest BCUT2D eigenvalue weighted by Gasteiger charge is 2.23. The molecule has 3 rings (SSSR count). The minimum Gasteiger partial charge on any atom is -0.420 e. The summed E-state index contributed by atoms with van der Waals surface area (Å²) in [6, 6.07) is 6.26.